The van der Waals surface area contributed by atoms with Crippen LogP contribution in [0.1, 0.15) is 36.9 Å². The van der Waals surface area contributed by atoms with Crippen LogP contribution >= 0.6 is 0 Å². The Hall–Kier alpha value is -1.70. The van der Waals surface area contributed by atoms with Gasteiger partial charge in [-0.2, -0.15) is 5.10 Å². The fourth-order valence-electron chi connectivity index (χ4n) is 3.60. The van der Waals surface area contributed by atoms with Crippen molar-refractivity contribution in [1.82, 2.24) is 24.6 Å². The summed E-state index contributed by atoms with van der Waals surface area (Å²) in [6.45, 7) is 8.02. The summed E-state index contributed by atoms with van der Waals surface area (Å²) in [5.74, 6) is 2.06. The summed E-state index contributed by atoms with van der Waals surface area (Å²) in [6.07, 6.45) is 7.02. The molecule has 1 atom stereocenters. The molecule has 4 heterocycles. The van der Waals surface area contributed by atoms with Crippen LogP contribution in [0, 0.1) is 0 Å². The summed E-state index contributed by atoms with van der Waals surface area (Å²) >= 11 is 0. The zero-order valence-electron chi connectivity index (χ0n) is 14.7. The average Bonchev–Trinajstić information content (AvgIpc) is 3.34. The quantitative estimate of drug-likeness (QED) is 0.797. The Morgan fingerprint density at radius 3 is 2.68 bits per heavy atom. The predicted molar refractivity (Wildman–Crippen MR) is 93.0 cm³/mol. The van der Waals surface area contributed by atoms with E-state index in [1.54, 1.807) is 12.7 Å². The maximum atomic E-state index is 6.05. The number of furan rings is 1. The van der Waals surface area contributed by atoms with Crippen molar-refractivity contribution in [3.8, 4) is 0 Å². The van der Waals surface area contributed by atoms with Crippen molar-refractivity contribution in [3.63, 3.8) is 0 Å². The maximum absolute atomic E-state index is 6.05. The molecule has 136 valence electrons. The zero-order valence-corrected chi connectivity index (χ0v) is 14.7. The fourth-order valence-corrected chi connectivity index (χ4v) is 3.60. The molecule has 0 saturated carbocycles. The number of hydrogen-bond donors (Lipinski definition) is 0. The second-order valence-electron chi connectivity index (χ2n) is 6.94. The number of aromatic nitrogens is 3. The van der Waals surface area contributed by atoms with Crippen molar-refractivity contribution >= 4 is 0 Å². The van der Waals surface area contributed by atoms with E-state index in [0.29, 0.717) is 0 Å². The van der Waals surface area contributed by atoms with Gasteiger partial charge in [0.15, 0.2) is 0 Å². The molecule has 0 bridgehead atoms. The smallest absolute Gasteiger partial charge is 0.137 e. The van der Waals surface area contributed by atoms with Crippen LogP contribution in [0.4, 0.5) is 0 Å². The molecule has 2 aliphatic rings. The summed E-state index contributed by atoms with van der Waals surface area (Å²) in [4.78, 5) is 8.94. The van der Waals surface area contributed by atoms with Crippen molar-refractivity contribution in [1.29, 1.82) is 0 Å². The van der Waals surface area contributed by atoms with Crippen LogP contribution in [0.2, 0.25) is 0 Å². The molecule has 2 aromatic heterocycles. The summed E-state index contributed by atoms with van der Waals surface area (Å²) in [5, 5.41) is 4.16. The van der Waals surface area contributed by atoms with Gasteiger partial charge in [0.2, 0.25) is 0 Å². The lowest BCUT2D eigenvalue weighted by Gasteiger charge is -2.34. The predicted octanol–water partition coefficient (Wildman–Crippen LogP) is 1.93. The van der Waals surface area contributed by atoms with E-state index in [-0.39, 0.29) is 6.10 Å². The van der Waals surface area contributed by atoms with E-state index < -0.39 is 0 Å². The summed E-state index contributed by atoms with van der Waals surface area (Å²) in [5.41, 5.74) is 0. The Morgan fingerprint density at radius 1 is 1.04 bits per heavy atom. The molecular formula is C18H27N5O2. The maximum Gasteiger partial charge on any atom is 0.137 e. The minimum atomic E-state index is 0.163. The molecule has 0 amide bonds. The van der Waals surface area contributed by atoms with Gasteiger partial charge in [-0.15, -0.1) is 0 Å². The lowest BCUT2D eigenvalue weighted by molar-refractivity contribution is 0.000638. The summed E-state index contributed by atoms with van der Waals surface area (Å²) in [7, 11) is 0. The molecule has 7 heteroatoms. The van der Waals surface area contributed by atoms with E-state index in [9.17, 15) is 0 Å². The SMILES string of the molecule is c1ncn(CCN2CCN(Cc3ccc([C@@H]4CCCCO4)o3)CC2)n1. The molecular weight excluding hydrogens is 318 g/mol. The molecule has 0 radical (unpaired) electrons. The van der Waals surface area contributed by atoms with Gasteiger partial charge in [-0.3, -0.25) is 14.5 Å². The van der Waals surface area contributed by atoms with E-state index >= 15 is 0 Å². The van der Waals surface area contributed by atoms with E-state index in [1.165, 1.54) is 12.8 Å². The molecule has 0 aliphatic carbocycles. The van der Waals surface area contributed by atoms with Crippen molar-refractivity contribution in [2.45, 2.75) is 38.5 Å². The van der Waals surface area contributed by atoms with Crippen LogP contribution < -0.4 is 0 Å². The van der Waals surface area contributed by atoms with Crippen molar-refractivity contribution in [2.24, 2.45) is 0 Å². The minimum Gasteiger partial charge on any atom is -0.462 e. The van der Waals surface area contributed by atoms with E-state index in [2.05, 4.69) is 32.0 Å². The Bertz CT molecular complexity index is 628. The number of nitrogens with zero attached hydrogens (tertiary/aromatic N) is 5. The lowest BCUT2D eigenvalue weighted by Crippen LogP contribution is -2.46. The second kappa shape index (κ2) is 8.12. The Morgan fingerprint density at radius 2 is 1.92 bits per heavy atom. The van der Waals surface area contributed by atoms with E-state index in [1.807, 2.05) is 4.68 Å². The molecule has 2 aromatic rings. The van der Waals surface area contributed by atoms with Gasteiger partial charge in [0.1, 0.15) is 30.3 Å². The summed E-state index contributed by atoms with van der Waals surface area (Å²) < 4.78 is 13.8. The third-order valence-corrected chi connectivity index (χ3v) is 5.14. The highest BCUT2D eigenvalue weighted by Gasteiger charge is 2.21. The highest BCUT2D eigenvalue weighted by Crippen LogP contribution is 2.29. The Kier molecular flexibility index (Phi) is 5.44. The first kappa shape index (κ1) is 16.8. The first-order valence-corrected chi connectivity index (χ1v) is 9.34. The van der Waals surface area contributed by atoms with E-state index in [4.69, 9.17) is 9.15 Å². The van der Waals surface area contributed by atoms with Crippen LogP contribution in [0.5, 0.6) is 0 Å². The molecule has 2 saturated heterocycles. The van der Waals surface area contributed by atoms with Gasteiger partial charge in [-0.1, -0.05) is 0 Å². The van der Waals surface area contributed by atoms with Crippen LogP contribution in [-0.2, 0) is 17.8 Å². The van der Waals surface area contributed by atoms with Crippen molar-refractivity contribution in [2.75, 3.05) is 39.3 Å². The van der Waals surface area contributed by atoms with Gasteiger partial charge in [-0.25, -0.2) is 4.98 Å². The Labute approximate surface area is 148 Å². The largest absolute Gasteiger partial charge is 0.462 e. The standard InChI is InChI=1S/C18H27N5O2/c1-2-12-24-17(3-1)18-5-4-16(25-18)13-22-8-6-21(7-9-22)10-11-23-15-19-14-20-23/h4-5,14-15,17H,1-3,6-13H2/t17-/m0/s1. The normalized spacial score (nSPS) is 23.1. The molecule has 0 unspecified atom stereocenters. The lowest BCUT2D eigenvalue weighted by atomic mass is 10.1. The topological polar surface area (TPSA) is 59.6 Å². The second-order valence-corrected chi connectivity index (χ2v) is 6.94. The molecule has 0 N–H and O–H groups in total. The van der Waals surface area contributed by atoms with Gasteiger partial charge in [-0.05, 0) is 31.4 Å². The monoisotopic (exact) mass is 345 g/mol. The number of piperazine rings is 1. The van der Waals surface area contributed by atoms with Gasteiger partial charge in [0.05, 0.1) is 13.1 Å². The first-order chi connectivity index (χ1) is 12.4. The van der Waals surface area contributed by atoms with Crippen molar-refractivity contribution < 1.29 is 9.15 Å². The Balaban J connectivity index is 1.21. The number of ether oxygens (including phenoxy) is 1. The molecule has 2 fully saturated rings. The van der Waals surface area contributed by atoms with E-state index in [0.717, 1.165) is 70.4 Å². The third-order valence-electron chi connectivity index (χ3n) is 5.14. The molecule has 2 aliphatic heterocycles. The highest BCUT2D eigenvalue weighted by molar-refractivity contribution is 5.10. The number of rotatable bonds is 6. The van der Waals surface area contributed by atoms with Crippen LogP contribution in [0.15, 0.2) is 29.2 Å². The molecule has 0 spiro atoms. The molecule has 25 heavy (non-hydrogen) atoms. The van der Waals surface area contributed by atoms with Crippen molar-refractivity contribution in [3.05, 3.63) is 36.3 Å². The molecule has 0 aromatic carbocycles. The van der Waals surface area contributed by atoms with Gasteiger partial charge in [0, 0.05) is 39.3 Å². The van der Waals surface area contributed by atoms with Gasteiger partial charge < -0.3 is 9.15 Å². The van der Waals surface area contributed by atoms with Crippen LogP contribution in [0.25, 0.3) is 0 Å². The molecule has 4 rings (SSSR count). The minimum absolute atomic E-state index is 0.163. The van der Waals surface area contributed by atoms with Crippen LogP contribution in [0.3, 0.4) is 0 Å². The third kappa shape index (κ3) is 4.48. The molecule has 7 nitrogen and oxygen atoms in total. The number of hydrogen-bond acceptors (Lipinski definition) is 6. The van der Waals surface area contributed by atoms with Crippen LogP contribution in [-0.4, -0.2) is 63.9 Å². The highest BCUT2D eigenvalue weighted by atomic mass is 16.5. The average molecular weight is 345 g/mol. The van der Waals surface area contributed by atoms with Gasteiger partial charge >= 0.3 is 0 Å². The zero-order chi connectivity index (χ0) is 16.9. The van der Waals surface area contributed by atoms with Gasteiger partial charge in [0.25, 0.3) is 0 Å². The fraction of sp³-hybridized carbons (Fsp3) is 0.667. The summed E-state index contributed by atoms with van der Waals surface area (Å²) in [6, 6.07) is 4.21. The first-order valence-electron chi connectivity index (χ1n) is 9.34.